The van der Waals surface area contributed by atoms with E-state index < -0.39 is 5.97 Å². The molecule has 0 saturated carbocycles. The van der Waals surface area contributed by atoms with Crippen LogP contribution in [-0.4, -0.2) is 44.9 Å². The van der Waals surface area contributed by atoms with Gasteiger partial charge in [0.05, 0.1) is 0 Å². The molecular formula is C13H23N3O2. The van der Waals surface area contributed by atoms with Gasteiger partial charge in [-0.25, -0.2) is 0 Å². The van der Waals surface area contributed by atoms with Gasteiger partial charge in [-0.05, 0) is 32.9 Å². The van der Waals surface area contributed by atoms with Crippen molar-refractivity contribution in [1.29, 1.82) is 0 Å². The van der Waals surface area contributed by atoms with Gasteiger partial charge in [-0.15, -0.1) is 0 Å². The van der Waals surface area contributed by atoms with E-state index in [1.165, 1.54) is 5.69 Å². The highest BCUT2D eigenvalue weighted by molar-refractivity contribution is 5.66. The van der Waals surface area contributed by atoms with Gasteiger partial charge in [0.2, 0.25) is 0 Å². The third-order valence-corrected chi connectivity index (χ3v) is 3.14. The van der Waals surface area contributed by atoms with E-state index in [0.29, 0.717) is 12.5 Å². The monoisotopic (exact) mass is 253 g/mol. The molecule has 1 heterocycles. The van der Waals surface area contributed by atoms with Gasteiger partial charge < -0.3 is 10.0 Å². The predicted molar refractivity (Wildman–Crippen MR) is 70.5 cm³/mol. The summed E-state index contributed by atoms with van der Waals surface area (Å²) in [4.78, 5) is 12.8. The highest BCUT2D eigenvalue weighted by Gasteiger charge is 2.11. The second-order valence-corrected chi connectivity index (χ2v) is 4.82. The van der Waals surface area contributed by atoms with Gasteiger partial charge in [0.1, 0.15) is 0 Å². The zero-order valence-electron chi connectivity index (χ0n) is 11.5. The highest BCUT2D eigenvalue weighted by atomic mass is 16.4. The van der Waals surface area contributed by atoms with E-state index >= 15 is 0 Å². The summed E-state index contributed by atoms with van der Waals surface area (Å²) in [6.07, 6.45) is 3.70. The lowest BCUT2D eigenvalue weighted by Gasteiger charge is -2.26. The molecule has 0 aliphatic heterocycles. The lowest BCUT2D eigenvalue weighted by molar-refractivity contribution is -0.137. The summed E-state index contributed by atoms with van der Waals surface area (Å²) < 4.78 is 1.88. The van der Waals surface area contributed by atoms with Crippen LogP contribution in [0.2, 0.25) is 0 Å². The third kappa shape index (κ3) is 4.87. The molecule has 0 aliphatic carbocycles. The molecule has 1 aromatic heterocycles. The second kappa shape index (κ2) is 7.16. The number of carbonyl (C=O) groups is 1. The smallest absolute Gasteiger partial charge is 0.303 e. The normalized spacial score (nSPS) is 11.4. The van der Waals surface area contributed by atoms with Gasteiger partial charge in [-0.2, -0.15) is 5.10 Å². The summed E-state index contributed by atoms with van der Waals surface area (Å²) in [6, 6.07) is 2.46. The topological polar surface area (TPSA) is 58.4 Å². The molecule has 5 nitrogen and oxygen atoms in total. The third-order valence-electron chi connectivity index (χ3n) is 3.14. The fourth-order valence-electron chi connectivity index (χ4n) is 1.97. The first kappa shape index (κ1) is 14.7. The molecular weight excluding hydrogens is 230 g/mol. The summed E-state index contributed by atoms with van der Waals surface area (Å²) in [5.74, 6) is -0.717. The van der Waals surface area contributed by atoms with Crippen molar-refractivity contribution in [1.82, 2.24) is 14.7 Å². The average Bonchev–Trinajstić information content (AvgIpc) is 2.68. The van der Waals surface area contributed by atoms with Gasteiger partial charge in [0, 0.05) is 44.4 Å². The number of rotatable bonds is 8. The first-order chi connectivity index (χ1) is 8.50. The van der Waals surface area contributed by atoms with Crippen molar-refractivity contribution >= 4 is 5.97 Å². The molecule has 102 valence electrons. The molecule has 0 aliphatic rings. The van der Waals surface area contributed by atoms with Crippen LogP contribution in [0.5, 0.6) is 0 Å². The fraction of sp³-hybridized carbons (Fsp3) is 0.692. The van der Waals surface area contributed by atoms with Crippen molar-refractivity contribution in [2.24, 2.45) is 7.05 Å². The van der Waals surface area contributed by atoms with Gasteiger partial charge in [-0.3, -0.25) is 9.48 Å². The SMILES string of the molecule is CC(C)N(CCCC(=O)O)CCc1ccnn1C. The maximum atomic E-state index is 10.5. The van der Waals surface area contributed by atoms with Crippen LogP contribution in [0.15, 0.2) is 12.3 Å². The van der Waals surface area contributed by atoms with E-state index in [1.54, 1.807) is 6.20 Å². The van der Waals surface area contributed by atoms with Crippen LogP contribution >= 0.6 is 0 Å². The van der Waals surface area contributed by atoms with Gasteiger partial charge >= 0.3 is 5.97 Å². The van der Waals surface area contributed by atoms with E-state index in [1.807, 2.05) is 17.8 Å². The molecule has 0 bridgehead atoms. The Bertz CT molecular complexity index is 374. The van der Waals surface area contributed by atoms with E-state index in [0.717, 1.165) is 19.5 Å². The summed E-state index contributed by atoms with van der Waals surface area (Å²) in [5, 5.41) is 12.8. The minimum absolute atomic E-state index is 0.245. The van der Waals surface area contributed by atoms with Crippen molar-refractivity contribution in [3.05, 3.63) is 18.0 Å². The molecule has 0 aromatic carbocycles. The molecule has 0 saturated heterocycles. The molecule has 0 fully saturated rings. The second-order valence-electron chi connectivity index (χ2n) is 4.82. The Morgan fingerprint density at radius 3 is 2.72 bits per heavy atom. The van der Waals surface area contributed by atoms with Crippen molar-refractivity contribution in [3.8, 4) is 0 Å². The minimum atomic E-state index is -0.717. The Morgan fingerprint density at radius 2 is 2.22 bits per heavy atom. The zero-order chi connectivity index (χ0) is 13.5. The maximum Gasteiger partial charge on any atom is 0.303 e. The van der Waals surface area contributed by atoms with Crippen LogP contribution < -0.4 is 0 Å². The van der Waals surface area contributed by atoms with Crippen molar-refractivity contribution in [2.75, 3.05) is 13.1 Å². The van der Waals surface area contributed by atoms with Gasteiger partial charge in [0.15, 0.2) is 0 Å². The average molecular weight is 253 g/mol. The molecule has 1 aromatic rings. The van der Waals surface area contributed by atoms with Crippen molar-refractivity contribution < 1.29 is 9.90 Å². The summed E-state index contributed by atoms with van der Waals surface area (Å²) in [5.41, 5.74) is 1.21. The number of aromatic nitrogens is 2. The Kier molecular flexibility index (Phi) is 5.85. The molecule has 0 radical (unpaired) electrons. The van der Waals surface area contributed by atoms with Gasteiger partial charge in [0.25, 0.3) is 0 Å². The molecule has 5 heteroatoms. The van der Waals surface area contributed by atoms with Crippen LogP contribution in [0.25, 0.3) is 0 Å². The molecule has 1 N–H and O–H groups in total. The number of carboxylic acid groups (broad SMARTS) is 1. The Morgan fingerprint density at radius 1 is 1.50 bits per heavy atom. The standard InChI is InChI=1S/C13H23N3O2/c1-11(2)16(9-4-5-13(17)18)10-7-12-6-8-14-15(12)3/h6,8,11H,4-5,7,9-10H2,1-3H3,(H,17,18). The Balaban J connectivity index is 2.38. The van der Waals surface area contributed by atoms with Crippen LogP contribution in [0.3, 0.4) is 0 Å². The number of hydrogen-bond donors (Lipinski definition) is 1. The van der Waals surface area contributed by atoms with Crippen LogP contribution in [0.4, 0.5) is 0 Å². The Hall–Kier alpha value is -1.36. The fourth-order valence-corrected chi connectivity index (χ4v) is 1.97. The first-order valence-electron chi connectivity index (χ1n) is 6.43. The van der Waals surface area contributed by atoms with Crippen molar-refractivity contribution in [2.45, 2.75) is 39.2 Å². The number of aryl methyl sites for hydroxylation is 1. The maximum absolute atomic E-state index is 10.5. The Labute approximate surface area is 108 Å². The summed E-state index contributed by atoms with van der Waals surface area (Å²) in [7, 11) is 1.94. The van der Waals surface area contributed by atoms with E-state index in [4.69, 9.17) is 5.11 Å². The molecule has 0 atom stereocenters. The summed E-state index contributed by atoms with van der Waals surface area (Å²) in [6.45, 7) is 6.06. The van der Waals surface area contributed by atoms with Crippen LogP contribution in [-0.2, 0) is 18.3 Å². The lowest BCUT2D eigenvalue weighted by Crippen LogP contribution is -2.34. The molecule has 0 amide bonds. The first-order valence-corrected chi connectivity index (χ1v) is 6.43. The van der Waals surface area contributed by atoms with E-state index in [2.05, 4.69) is 23.8 Å². The van der Waals surface area contributed by atoms with Crippen molar-refractivity contribution in [3.63, 3.8) is 0 Å². The lowest BCUT2D eigenvalue weighted by atomic mass is 10.2. The number of nitrogens with zero attached hydrogens (tertiary/aromatic N) is 3. The zero-order valence-corrected chi connectivity index (χ0v) is 11.5. The molecule has 1 rings (SSSR count). The minimum Gasteiger partial charge on any atom is -0.481 e. The number of carboxylic acids is 1. The summed E-state index contributed by atoms with van der Waals surface area (Å²) >= 11 is 0. The van der Waals surface area contributed by atoms with E-state index in [-0.39, 0.29) is 6.42 Å². The van der Waals surface area contributed by atoms with E-state index in [9.17, 15) is 4.79 Å². The molecule has 0 unspecified atom stereocenters. The highest BCUT2D eigenvalue weighted by Crippen LogP contribution is 2.05. The molecule has 0 spiro atoms. The largest absolute Gasteiger partial charge is 0.481 e. The van der Waals surface area contributed by atoms with Crippen LogP contribution in [0, 0.1) is 0 Å². The van der Waals surface area contributed by atoms with Crippen LogP contribution in [0.1, 0.15) is 32.4 Å². The predicted octanol–water partition coefficient (Wildman–Crippen LogP) is 1.54. The van der Waals surface area contributed by atoms with Gasteiger partial charge in [-0.1, -0.05) is 0 Å². The number of hydrogen-bond acceptors (Lipinski definition) is 3. The quantitative estimate of drug-likeness (QED) is 0.763. The molecule has 18 heavy (non-hydrogen) atoms. The number of aliphatic carboxylic acids is 1.